The zero-order chi connectivity index (χ0) is 12.8. The number of carbonyl (C=O) groups excluding carboxylic acids is 1. The van der Waals surface area contributed by atoms with Crippen molar-refractivity contribution in [3.63, 3.8) is 0 Å². The monoisotopic (exact) mass is 252 g/mol. The van der Waals surface area contributed by atoms with Crippen molar-refractivity contribution in [3.8, 4) is 0 Å². The van der Waals surface area contributed by atoms with Gasteiger partial charge in [-0.1, -0.05) is 0 Å². The first-order valence-corrected chi connectivity index (χ1v) is 6.39. The van der Waals surface area contributed by atoms with Crippen molar-refractivity contribution in [2.24, 2.45) is 5.92 Å². The molecule has 1 fully saturated rings. The Balaban J connectivity index is 1.53. The minimum absolute atomic E-state index is 0.0984. The molecule has 1 unspecified atom stereocenters. The topological polar surface area (TPSA) is 74.4 Å². The summed E-state index contributed by atoms with van der Waals surface area (Å²) in [5.74, 6) is 0.596. The van der Waals surface area contributed by atoms with Gasteiger partial charge in [0.05, 0.1) is 19.1 Å². The molecule has 1 aromatic heterocycles. The second kappa shape index (κ2) is 6.56. The first-order valence-electron chi connectivity index (χ1n) is 6.39. The molecule has 100 valence electrons. The highest BCUT2D eigenvalue weighted by atomic mass is 16.5. The van der Waals surface area contributed by atoms with Crippen LogP contribution in [0, 0.1) is 5.92 Å². The Labute approximate surface area is 107 Å². The van der Waals surface area contributed by atoms with Crippen LogP contribution in [0.5, 0.6) is 0 Å². The lowest BCUT2D eigenvalue weighted by atomic mass is 10.3. The van der Waals surface area contributed by atoms with E-state index in [-0.39, 0.29) is 12.5 Å². The number of H-pyrrole nitrogens is 1. The highest BCUT2D eigenvalue weighted by Gasteiger charge is 2.21. The molecule has 5 heteroatoms. The molecule has 0 aromatic carbocycles. The van der Waals surface area contributed by atoms with Crippen LogP contribution in [0.2, 0.25) is 0 Å². The van der Waals surface area contributed by atoms with Crippen LogP contribution in [0.15, 0.2) is 18.3 Å². The fraction of sp³-hybridized carbons (Fsp3) is 0.615. The molecule has 1 atom stereocenters. The normalized spacial score (nSPS) is 16.5. The first-order chi connectivity index (χ1) is 8.74. The van der Waals surface area contributed by atoms with Crippen LogP contribution in [-0.4, -0.2) is 41.9 Å². The molecule has 3 N–H and O–H groups in total. The number of amides is 1. The Hall–Kier alpha value is -1.33. The zero-order valence-electron chi connectivity index (χ0n) is 10.4. The van der Waals surface area contributed by atoms with Gasteiger partial charge < -0.3 is 20.1 Å². The number of aromatic nitrogens is 1. The van der Waals surface area contributed by atoms with E-state index >= 15 is 0 Å². The molecule has 0 spiro atoms. The van der Waals surface area contributed by atoms with Crippen molar-refractivity contribution in [2.75, 3.05) is 19.8 Å². The zero-order valence-corrected chi connectivity index (χ0v) is 10.4. The lowest BCUT2D eigenvalue weighted by Gasteiger charge is -2.12. The molecule has 1 saturated carbocycles. The lowest BCUT2D eigenvalue weighted by Crippen LogP contribution is -2.35. The molecule has 1 aliphatic carbocycles. The largest absolute Gasteiger partial charge is 0.389 e. The molecule has 5 nitrogen and oxygen atoms in total. The van der Waals surface area contributed by atoms with E-state index in [0.717, 1.165) is 12.3 Å². The van der Waals surface area contributed by atoms with E-state index in [1.165, 1.54) is 12.8 Å². The summed E-state index contributed by atoms with van der Waals surface area (Å²) in [7, 11) is 0. The van der Waals surface area contributed by atoms with Crippen LogP contribution in [0.1, 0.15) is 18.5 Å². The van der Waals surface area contributed by atoms with Gasteiger partial charge in [-0.15, -0.1) is 0 Å². The third-order valence-electron chi connectivity index (χ3n) is 2.91. The Morgan fingerprint density at radius 1 is 1.61 bits per heavy atom. The molecule has 2 rings (SSSR count). The van der Waals surface area contributed by atoms with Crippen LogP contribution in [0.3, 0.4) is 0 Å². The SMILES string of the molecule is O=C(Cc1ccc[nH]1)NCC(O)COCC1CC1. The number of aromatic amines is 1. The molecule has 1 heterocycles. The van der Waals surface area contributed by atoms with E-state index in [9.17, 15) is 9.90 Å². The molecule has 0 aliphatic heterocycles. The molecule has 1 aromatic rings. The van der Waals surface area contributed by atoms with E-state index in [1.54, 1.807) is 6.20 Å². The first kappa shape index (κ1) is 13.1. The predicted molar refractivity (Wildman–Crippen MR) is 67.1 cm³/mol. The van der Waals surface area contributed by atoms with Crippen molar-refractivity contribution in [2.45, 2.75) is 25.4 Å². The maximum atomic E-state index is 11.5. The second-order valence-corrected chi connectivity index (χ2v) is 4.81. The van der Waals surface area contributed by atoms with Crippen LogP contribution in [0.25, 0.3) is 0 Å². The maximum absolute atomic E-state index is 11.5. The van der Waals surface area contributed by atoms with Gasteiger partial charge in [-0.3, -0.25) is 4.79 Å². The van der Waals surface area contributed by atoms with Crippen molar-refractivity contribution in [1.82, 2.24) is 10.3 Å². The Kier molecular flexibility index (Phi) is 4.78. The Morgan fingerprint density at radius 2 is 2.44 bits per heavy atom. The number of nitrogens with one attached hydrogen (secondary N) is 2. The summed E-state index contributed by atoms with van der Waals surface area (Å²) in [6.07, 6.45) is 3.94. The standard InChI is InChI=1S/C13H20N2O3/c16-12(9-18-8-10-3-4-10)7-15-13(17)6-11-2-1-5-14-11/h1-2,5,10,12,14,16H,3-4,6-9H2,(H,15,17). The van der Waals surface area contributed by atoms with Crippen LogP contribution in [0.4, 0.5) is 0 Å². The average molecular weight is 252 g/mol. The summed E-state index contributed by atoms with van der Waals surface area (Å²) in [6.45, 7) is 1.26. The molecule has 18 heavy (non-hydrogen) atoms. The molecule has 1 amide bonds. The van der Waals surface area contributed by atoms with Crippen molar-refractivity contribution < 1.29 is 14.6 Å². The third-order valence-corrected chi connectivity index (χ3v) is 2.91. The summed E-state index contributed by atoms with van der Waals surface area (Å²) in [4.78, 5) is 14.5. The third kappa shape index (κ3) is 4.89. The molecular formula is C13H20N2O3. The molecule has 0 bridgehead atoms. The van der Waals surface area contributed by atoms with Gasteiger partial charge in [0.2, 0.25) is 5.91 Å². The van der Waals surface area contributed by atoms with Gasteiger partial charge in [-0.05, 0) is 30.9 Å². The number of hydrogen-bond donors (Lipinski definition) is 3. The summed E-state index contributed by atoms with van der Waals surface area (Å²) >= 11 is 0. The predicted octanol–water partition coefficient (Wildman–Crippen LogP) is 0.461. The van der Waals surface area contributed by atoms with Gasteiger partial charge in [-0.25, -0.2) is 0 Å². The summed E-state index contributed by atoms with van der Waals surface area (Å²) in [5, 5.41) is 12.3. The second-order valence-electron chi connectivity index (χ2n) is 4.81. The molecule has 1 aliphatic rings. The Morgan fingerprint density at radius 3 is 3.11 bits per heavy atom. The summed E-state index contributed by atoms with van der Waals surface area (Å²) < 4.78 is 5.35. The van der Waals surface area contributed by atoms with E-state index in [2.05, 4.69) is 10.3 Å². The van der Waals surface area contributed by atoms with Gasteiger partial charge in [0.15, 0.2) is 0 Å². The van der Waals surface area contributed by atoms with Crippen LogP contribution < -0.4 is 5.32 Å². The fourth-order valence-corrected chi connectivity index (χ4v) is 1.66. The van der Waals surface area contributed by atoms with E-state index < -0.39 is 6.10 Å². The van der Waals surface area contributed by atoms with Crippen LogP contribution >= 0.6 is 0 Å². The number of carbonyl (C=O) groups is 1. The summed E-state index contributed by atoms with van der Waals surface area (Å²) in [5.41, 5.74) is 0.868. The average Bonchev–Trinajstić information content (AvgIpc) is 3.03. The van der Waals surface area contributed by atoms with Crippen molar-refractivity contribution in [3.05, 3.63) is 24.0 Å². The Bertz CT molecular complexity index is 360. The molecule has 0 saturated heterocycles. The van der Waals surface area contributed by atoms with Gasteiger partial charge in [0, 0.05) is 25.0 Å². The molecular weight excluding hydrogens is 232 g/mol. The number of aliphatic hydroxyl groups is 1. The maximum Gasteiger partial charge on any atom is 0.226 e. The van der Waals surface area contributed by atoms with E-state index in [4.69, 9.17) is 4.74 Å². The lowest BCUT2D eigenvalue weighted by molar-refractivity contribution is -0.121. The quantitative estimate of drug-likeness (QED) is 0.629. The van der Waals surface area contributed by atoms with E-state index in [0.29, 0.717) is 18.9 Å². The number of hydrogen-bond acceptors (Lipinski definition) is 3. The van der Waals surface area contributed by atoms with Gasteiger partial charge in [0.25, 0.3) is 0 Å². The van der Waals surface area contributed by atoms with Crippen molar-refractivity contribution >= 4 is 5.91 Å². The minimum Gasteiger partial charge on any atom is -0.389 e. The van der Waals surface area contributed by atoms with Gasteiger partial charge >= 0.3 is 0 Å². The number of ether oxygens (including phenoxy) is 1. The molecule has 0 radical (unpaired) electrons. The highest BCUT2D eigenvalue weighted by Crippen LogP contribution is 2.28. The van der Waals surface area contributed by atoms with Gasteiger partial charge in [0.1, 0.15) is 0 Å². The fourth-order valence-electron chi connectivity index (χ4n) is 1.66. The van der Waals surface area contributed by atoms with Crippen molar-refractivity contribution in [1.29, 1.82) is 0 Å². The number of aliphatic hydroxyl groups excluding tert-OH is 1. The van der Waals surface area contributed by atoms with E-state index in [1.807, 2.05) is 12.1 Å². The van der Waals surface area contributed by atoms with Gasteiger partial charge in [-0.2, -0.15) is 0 Å². The number of rotatable bonds is 8. The minimum atomic E-state index is -0.628. The highest BCUT2D eigenvalue weighted by molar-refractivity contribution is 5.78. The summed E-state index contributed by atoms with van der Waals surface area (Å²) in [6, 6.07) is 3.71. The van der Waals surface area contributed by atoms with Crippen LogP contribution in [-0.2, 0) is 16.0 Å². The smallest absolute Gasteiger partial charge is 0.226 e.